The Bertz CT molecular complexity index is 617. The van der Waals surface area contributed by atoms with E-state index in [9.17, 15) is 4.79 Å². The second-order valence-corrected chi connectivity index (χ2v) is 5.96. The van der Waals surface area contributed by atoms with Crippen molar-refractivity contribution in [2.75, 3.05) is 13.2 Å². The Morgan fingerprint density at radius 1 is 1.50 bits per heavy atom. The molecular formula is C15H18N2O2S. The highest BCUT2D eigenvalue weighted by Crippen LogP contribution is 2.32. The highest BCUT2D eigenvalue weighted by atomic mass is 32.1. The van der Waals surface area contributed by atoms with Crippen LogP contribution in [0, 0.1) is 0 Å². The summed E-state index contributed by atoms with van der Waals surface area (Å²) in [5.74, 6) is -0.259. The minimum atomic E-state index is -0.259. The summed E-state index contributed by atoms with van der Waals surface area (Å²) in [7, 11) is 0. The van der Waals surface area contributed by atoms with E-state index in [-0.39, 0.29) is 5.97 Å². The summed E-state index contributed by atoms with van der Waals surface area (Å²) in [6.45, 7) is 3.26. The zero-order valence-corrected chi connectivity index (χ0v) is 12.3. The first-order valence-electron chi connectivity index (χ1n) is 7.09. The lowest BCUT2D eigenvalue weighted by Gasteiger charge is -2.20. The second kappa shape index (κ2) is 5.89. The predicted octanol–water partition coefficient (Wildman–Crippen LogP) is 3.29. The van der Waals surface area contributed by atoms with Crippen molar-refractivity contribution in [3.63, 3.8) is 0 Å². The third-order valence-electron chi connectivity index (χ3n) is 3.54. The van der Waals surface area contributed by atoms with Gasteiger partial charge >= 0.3 is 5.97 Å². The first-order chi connectivity index (χ1) is 9.79. The van der Waals surface area contributed by atoms with E-state index in [4.69, 9.17) is 4.74 Å². The number of thiazole rings is 1. The molecular weight excluding hydrogens is 272 g/mol. The highest BCUT2D eigenvalue weighted by Gasteiger charge is 2.21. The summed E-state index contributed by atoms with van der Waals surface area (Å²) in [5.41, 5.74) is 1.52. The fraction of sp³-hybridized carbons (Fsp3) is 0.467. The van der Waals surface area contributed by atoms with Crippen molar-refractivity contribution in [2.45, 2.75) is 32.2 Å². The maximum absolute atomic E-state index is 12.0. The molecule has 5 heteroatoms. The fourth-order valence-electron chi connectivity index (χ4n) is 2.55. The average molecular weight is 290 g/mol. The average Bonchev–Trinajstić information content (AvgIpc) is 2.92. The summed E-state index contributed by atoms with van der Waals surface area (Å²) in [4.78, 5) is 16.7. The molecule has 4 nitrogen and oxygen atoms in total. The van der Waals surface area contributed by atoms with Crippen LogP contribution in [0.5, 0.6) is 0 Å². The molecule has 0 amide bonds. The van der Waals surface area contributed by atoms with Gasteiger partial charge in [0.2, 0.25) is 0 Å². The number of esters is 1. The molecule has 0 spiro atoms. The van der Waals surface area contributed by atoms with Crippen LogP contribution in [0.4, 0.5) is 0 Å². The lowest BCUT2D eigenvalue weighted by molar-refractivity contribution is 0.0529. The van der Waals surface area contributed by atoms with Gasteiger partial charge in [0.25, 0.3) is 0 Å². The number of nitrogens with zero attached hydrogens (tertiary/aromatic N) is 1. The summed E-state index contributed by atoms with van der Waals surface area (Å²) in [5, 5.41) is 4.58. The molecule has 0 saturated carbocycles. The molecule has 2 aromatic rings. The van der Waals surface area contributed by atoms with Gasteiger partial charge in [-0.2, -0.15) is 0 Å². The molecule has 1 aliphatic rings. The van der Waals surface area contributed by atoms with E-state index in [1.54, 1.807) is 11.3 Å². The number of hydrogen-bond acceptors (Lipinski definition) is 5. The van der Waals surface area contributed by atoms with Gasteiger partial charge in [-0.25, -0.2) is 9.78 Å². The molecule has 1 fully saturated rings. The molecule has 1 atom stereocenters. The largest absolute Gasteiger partial charge is 0.462 e. The van der Waals surface area contributed by atoms with E-state index in [1.165, 1.54) is 12.8 Å². The summed E-state index contributed by atoms with van der Waals surface area (Å²) >= 11 is 1.61. The molecule has 0 bridgehead atoms. The van der Waals surface area contributed by atoms with Crippen molar-refractivity contribution in [2.24, 2.45) is 0 Å². The lowest BCUT2D eigenvalue weighted by Crippen LogP contribution is -2.26. The molecule has 106 valence electrons. The van der Waals surface area contributed by atoms with Crippen molar-refractivity contribution in [1.29, 1.82) is 0 Å². The van der Waals surface area contributed by atoms with Gasteiger partial charge in [0.15, 0.2) is 0 Å². The molecule has 2 heterocycles. The van der Waals surface area contributed by atoms with Crippen LogP contribution in [-0.4, -0.2) is 24.1 Å². The number of nitrogens with one attached hydrogen (secondary N) is 1. The lowest BCUT2D eigenvalue weighted by atomic mass is 10.1. The minimum absolute atomic E-state index is 0.259. The second-order valence-electron chi connectivity index (χ2n) is 4.93. The topological polar surface area (TPSA) is 51.2 Å². The SMILES string of the molecule is CCOC(=O)c1cccc2nc(C3CCCCN3)sc12. The first-order valence-corrected chi connectivity index (χ1v) is 7.91. The molecule has 1 aromatic heterocycles. The van der Waals surface area contributed by atoms with Gasteiger partial charge < -0.3 is 10.1 Å². The van der Waals surface area contributed by atoms with Gasteiger partial charge in [-0.3, -0.25) is 0 Å². The number of piperidine rings is 1. The van der Waals surface area contributed by atoms with Gasteiger partial charge in [-0.1, -0.05) is 12.5 Å². The molecule has 0 aliphatic carbocycles. The molecule has 1 saturated heterocycles. The molecule has 1 aliphatic heterocycles. The van der Waals surface area contributed by atoms with E-state index in [0.717, 1.165) is 28.2 Å². The van der Waals surface area contributed by atoms with Crippen LogP contribution in [0.3, 0.4) is 0 Å². The zero-order chi connectivity index (χ0) is 13.9. The van der Waals surface area contributed by atoms with Gasteiger partial charge in [0, 0.05) is 0 Å². The zero-order valence-electron chi connectivity index (χ0n) is 11.5. The Balaban J connectivity index is 1.97. The Kier molecular flexibility index (Phi) is 3.98. The van der Waals surface area contributed by atoms with Crippen LogP contribution in [0.25, 0.3) is 10.2 Å². The van der Waals surface area contributed by atoms with Crippen molar-refractivity contribution in [3.8, 4) is 0 Å². The van der Waals surface area contributed by atoms with E-state index < -0.39 is 0 Å². The van der Waals surface area contributed by atoms with Crippen LogP contribution in [-0.2, 0) is 4.74 Å². The molecule has 1 unspecified atom stereocenters. The van der Waals surface area contributed by atoms with Crippen molar-refractivity contribution in [1.82, 2.24) is 10.3 Å². The summed E-state index contributed by atoms with van der Waals surface area (Å²) < 4.78 is 6.05. The van der Waals surface area contributed by atoms with Crippen molar-refractivity contribution >= 4 is 27.5 Å². The van der Waals surface area contributed by atoms with E-state index in [0.29, 0.717) is 18.2 Å². The molecule has 1 N–H and O–H groups in total. The third kappa shape index (κ3) is 2.55. The Labute approximate surface area is 122 Å². The normalized spacial score (nSPS) is 19.1. The maximum Gasteiger partial charge on any atom is 0.339 e. The molecule has 1 aromatic carbocycles. The molecule has 20 heavy (non-hydrogen) atoms. The first kappa shape index (κ1) is 13.5. The van der Waals surface area contributed by atoms with Gasteiger partial charge in [0.1, 0.15) is 5.01 Å². The summed E-state index contributed by atoms with van der Waals surface area (Å²) in [6, 6.07) is 5.97. The van der Waals surface area contributed by atoms with Gasteiger partial charge in [0.05, 0.1) is 28.4 Å². The van der Waals surface area contributed by atoms with Crippen LogP contribution in [0.1, 0.15) is 47.6 Å². The number of carbonyl (C=O) groups is 1. The summed E-state index contributed by atoms with van der Waals surface area (Å²) in [6.07, 6.45) is 3.59. The van der Waals surface area contributed by atoms with Crippen LogP contribution < -0.4 is 5.32 Å². The number of ether oxygens (including phenoxy) is 1. The minimum Gasteiger partial charge on any atom is -0.462 e. The smallest absolute Gasteiger partial charge is 0.339 e. The molecule has 0 radical (unpaired) electrons. The number of carbonyl (C=O) groups excluding carboxylic acids is 1. The highest BCUT2D eigenvalue weighted by molar-refractivity contribution is 7.19. The number of benzene rings is 1. The molecule has 3 rings (SSSR count). The van der Waals surface area contributed by atoms with Gasteiger partial charge in [-0.05, 0) is 38.4 Å². The Hall–Kier alpha value is -1.46. The maximum atomic E-state index is 12.0. The standard InChI is InChI=1S/C15H18N2O2S/c1-2-19-15(18)10-6-5-8-11-13(10)20-14(17-11)12-7-3-4-9-16-12/h5-6,8,12,16H,2-4,7,9H2,1H3. The fourth-order valence-corrected chi connectivity index (χ4v) is 3.72. The third-order valence-corrected chi connectivity index (χ3v) is 4.75. The van der Waals surface area contributed by atoms with Crippen molar-refractivity contribution in [3.05, 3.63) is 28.8 Å². The number of fused-ring (bicyclic) bond motifs is 1. The van der Waals surface area contributed by atoms with Gasteiger partial charge in [-0.15, -0.1) is 11.3 Å². The number of rotatable bonds is 3. The van der Waals surface area contributed by atoms with Crippen LogP contribution in [0.15, 0.2) is 18.2 Å². The van der Waals surface area contributed by atoms with Crippen molar-refractivity contribution < 1.29 is 9.53 Å². The number of hydrogen-bond donors (Lipinski definition) is 1. The van der Waals surface area contributed by atoms with E-state index >= 15 is 0 Å². The Morgan fingerprint density at radius 2 is 2.40 bits per heavy atom. The van der Waals surface area contributed by atoms with Crippen LogP contribution in [0.2, 0.25) is 0 Å². The quantitative estimate of drug-likeness (QED) is 0.881. The predicted molar refractivity (Wildman–Crippen MR) is 80.2 cm³/mol. The number of aromatic nitrogens is 1. The van der Waals surface area contributed by atoms with E-state index in [2.05, 4.69) is 10.3 Å². The Morgan fingerprint density at radius 3 is 3.15 bits per heavy atom. The van der Waals surface area contributed by atoms with E-state index in [1.807, 2.05) is 25.1 Å². The monoisotopic (exact) mass is 290 g/mol. The van der Waals surface area contributed by atoms with Crippen LogP contribution >= 0.6 is 11.3 Å².